The number of nitrogens with one attached hydrogen (secondary N) is 2. The second kappa shape index (κ2) is 7.85. The number of rotatable bonds is 7. The topological polar surface area (TPSA) is 88.2 Å². The summed E-state index contributed by atoms with van der Waals surface area (Å²) >= 11 is 0. The summed E-state index contributed by atoms with van der Waals surface area (Å²) in [5, 5.41) is 2.84. The number of aromatic nitrogens is 1. The number of carbonyl (C=O) groups excluding carboxylic acids is 1. The lowest BCUT2D eigenvalue weighted by Crippen LogP contribution is -2.23. The van der Waals surface area contributed by atoms with Crippen molar-refractivity contribution in [2.45, 2.75) is 24.3 Å². The van der Waals surface area contributed by atoms with Gasteiger partial charge in [-0.15, -0.1) is 0 Å². The van der Waals surface area contributed by atoms with Crippen LogP contribution in [0.1, 0.15) is 17.5 Å². The normalized spacial score (nSPS) is 11.2. The number of aryl methyl sites for hydroxylation is 1. The minimum Gasteiger partial charge on any atom is -0.352 e. The lowest BCUT2D eigenvalue weighted by atomic mass is 10.1. The second-order valence-electron chi connectivity index (χ2n) is 4.98. The summed E-state index contributed by atoms with van der Waals surface area (Å²) in [5.41, 5.74) is 1.91. The van der Waals surface area contributed by atoms with Gasteiger partial charge in [0.1, 0.15) is 0 Å². The minimum absolute atomic E-state index is 0.0475. The van der Waals surface area contributed by atoms with E-state index < -0.39 is 10.0 Å². The molecule has 23 heavy (non-hydrogen) atoms. The lowest BCUT2D eigenvalue weighted by molar-refractivity contribution is -0.121. The third kappa shape index (κ3) is 5.15. The first-order chi connectivity index (χ1) is 11.0. The summed E-state index contributed by atoms with van der Waals surface area (Å²) in [6, 6.07) is 10.2. The molecule has 0 bridgehead atoms. The van der Waals surface area contributed by atoms with Gasteiger partial charge in [-0.05, 0) is 48.9 Å². The summed E-state index contributed by atoms with van der Waals surface area (Å²) in [6.07, 6.45) is 4.27. The molecule has 1 aromatic heterocycles. The highest BCUT2D eigenvalue weighted by Crippen LogP contribution is 2.11. The van der Waals surface area contributed by atoms with Gasteiger partial charge in [-0.3, -0.25) is 9.78 Å². The molecule has 1 amide bonds. The number of hydrogen-bond donors (Lipinski definition) is 2. The zero-order valence-corrected chi connectivity index (χ0v) is 13.6. The third-order valence-electron chi connectivity index (χ3n) is 3.38. The number of nitrogens with zero attached hydrogens (tertiary/aromatic N) is 1. The van der Waals surface area contributed by atoms with Gasteiger partial charge in [0.15, 0.2) is 0 Å². The Hall–Kier alpha value is -2.25. The molecule has 0 spiro atoms. The third-order valence-corrected chi connectivity index (χ3v) is 4.81. The van der Waals surface area contributed by atoms with Crippen molar-refractivity contribution in [3.63, 3.8) is 0 Å². The van der Waals surface area contributed by atoms with Gasteiger partial charge in [0, 0.05) is 25.4 Å². The van der Waals surface area contributed by atoms with E-state index in [-0.39, 0.29) is 10.8 Å². The molecule has 0 fully saturated rings. The van der Waals surface area contributed by atoms with E-state index in [9.17, 15) is 13.2 Å². The Morgan fingerprint density at radius 3 is 2.30 bits per heavy atom. The first-order valence-electron chi connectivity index (χ1n) is 7.19. The maximum absolute atomic E-state index is 11.8. The molecule has 0 unspecified atom stereocenters. The highest BCUT2D eigenvalue weighted by molar-refractivity contribution is 7.89. The molecule has 0 atom stereocenters. The average Bonchev–Trinajstić information content (AvgIpc) is 2.59. The monoisotopic (exact) mass is 333 g/mol. The summed E-state index contributed by atoms with van der Waals surface area (Å²) in [4.78, 5) is 16.0. The Balaban J connectivity index is 1.82. The molecule has 122 valence electrons. The van der Waals surface area contributed by atoms with E-state index in [1.165, 1.54) is 19.2 Å². The Labute approximate surface area is 136 Å². The zero-order chi connectivity index (χ0) is 16.7. The number of carbonyl (C=O) groups is 1. The molecular formula is C16H19N3O3S. The molecule has 0 aliphatic rings. The Morgan fingerprint density at radius 1 is 1.04 bits per heavy atom. The second-order valence-corrected chi connectivity index (χ2v) is 6.87. The van der Waals surface area contributed by atoms with Gasteiger partial charge in [-0.1, -0.05) is 12.1 Å². The van der Waals surface area contributed by atoms with E-state index in [2.05, 4.69) is 15.0 Å². The number of pyridine rings is 1. The van der Waals surface area contributed by atoms with Gasteiger partial charge in [0.05, 0.1) is 4.90 Å². The zero-order valence-electron chi connectivity index (χ0n) is 12.8. The average molecular weight is 333 g/mol. The highest BCUT2D eigenvalue weighted by Gasteiger charge is 2.10. The van der Waals surface area contributed by atoms with Gasteiger partial charge in [-0.2, -0.15) is 0 Å². The van der Waals surface area contributed by atoms with E-state index in [0.717, 1.165) is 11.1 Å². The van der Waals surface area contributed by atoms with E-state index in [1.54, 1.807) is 24.5 Å². The first-order valence-corrected chi connectivity index (χ1v) is 8.67. The van der Waals surface area contributed by atoms with Crippen LogP contribution in [0, 0.1) is 0 Å². The van der Waals surface area contributed by atoms with Crippen molar-refractivity contribution in [1.29, 1.82) is 0 Å². The molecule has 0 aliphatic carbocycles. The van der Waals surface area contributed by atoms with Crippen LogP contribution in [0.15, 0.2) is 53.7 Å². The van der Waals surface area contributed by atoms with Crippen molar-refractivity contribution in [3.8, 4) is 0 Å². The van der Waals surface area contributed by atoms with Crippen molar-refractivity contribution >= 4 is 15.9 Å². The predicted molar refractivity (Wildman–Crippen MR) is 87.1 cm³/mol. The highest BCUT2D eigenvalue weighted by atomic mass is 32.2. The number of benzene rings is 1. The van der Waals surface area contributed by atoms with Gasteiger partial charge in [-0.25, -0.2) is 13.1 Å². The van der Waals surface area contributed by atoms with Gasteiger partial charge >= 0.3 is 0 Å². The molecule has 0 radical (unpaired) electrons. The molecule has 7 heteroatoms. The maximum atomic E-state index is 11.8. The lowest BCUT2D eigenvalue weighted by Gasteiger charge is -2.06. The van der Waals surface area contributed by atoms with Gasteiger partial charge < -0.3 is 5.32 Å². The SMILES string of the molecule is CNS(=O)(=O)c1ccc(CCC(=O)NCc2ccncc2)cc1. The fraction of sp³-hybridized carbons (Fsp3) is 0.250. The Kier molecular flexibility index (Phi) is 5.84. The maximum Gasteiger partial charge on any atom is 0.240 e. The van der Waals surface area contributed by atoms with Crippen LogP contribution in [0.3, 0.4) is 0 Å². The van der Waals surface area contributed by atoms with Gasteiger partial charge in [0.2, 0.25) is 15.9 Å². The molecule has 1 aromatic carbocycles. The van der Waals surface area contributed by atoms with Crippen molar-refractivity contribution in [2.24, 2.45) is 0 Å². The molecule has 0 aliphatic heterocycles. The number of amides is 1. The molecule has 6 nitrogen and oxygen atoms in total. The number of sulfonamides is 1. The van der Waals surface area contributed by atoms with Crippen molar-refractivity contribution in [1.82, 2.24) is 15.0 Å². The summed E-state index contributed by atoms with van der Waals surface area (Å²) < 4.78 is 25.5. The molecule has 1 heterocycles. The van der Waals surface area contributed by atoms with Crippen molar-refractivity contribution in [3.05, 3.63) is 59.9 Å². The fourth-order valence-corrected chi connectivity index (χ4v) is 2.73. The smallest absolute Gasteiger partial charge is 0.240 e. The van der Waals surface area contributed by atoms with Crippen molar-refractivity contribution < 1.29 is 13.2 Å². The van der Waals surface area contributed by atoms with Crippen LogP contribution >= 0.6 is 0 Å². The predicted octanol–water partition coefficient (Wildman–Crippen LogP) is 1.24. The van der Waals surface area contributed by atoms with Crippen LogP contribution in [0.4, 0.5) is 0 Å². The van der Waals surface area contributed by atoms with Crippen LogP contribution in [0.5, 0.6) is 0 Å². The van der Waals surface area contributed by atoms with E-state index in [0.29, 0.717) is 19.4 Å². The van der Waals surface area contributed by atoms with Gasteiger partial charge in [0.25, 0.3) is 0 Å². The van der Waals surface area contributed by atoms with Crippen molar-refractivity contribution in [2.75, 3.05) is 7.05 Å². The molecule has 2 N–H and O–H groups in total. The van der Waals surface area contributed by atoms with Crippen LogP contribution < -0.4 is 10.0 Å². The Bertz CT molecular complexity index is 744. The summed E-state index contributed by atoms with van der Waals surface area (Å²) in [6.45, 7) is 0.473. The Morgan fingerprint density at radius 2 is 1.70 bits per heavy atom. The van der Waals surface area contributed by atoms with E-state index in [1.807, 2.05) is 12.1 Å². The molecule has 2 rings (SSSR count). The molecule has 0 saturated heterocycles. The largest absolute Gasteiger partial charge is 0.352 e. The molecule has 0 saturated carbocycles. The van der Waals surface area contributed by atoms with E-state index in [4.69, 9.17) is 0 Å². The molecular weight excluding hydrogens is 314 g/mol. The summed E-state index contributed by atoms with van der Waals surface area (Å²) in [7, 11) is -2.05. The van der Waals surface area contributed by atoms with E-state index >= 15 is 0 Å². The number of hydrogen-bond acceptors (Lipinski definition) is 4. The first kappa shape index (κ1) is 17.1. The molecule has 2 aromatic rings. The van der Waals surface area contributed by atoms with Crippen LogP contribution in [-0.4, -0.2) is 26.4 Å². The quantitative estimate of drug-likeness (QED) is 0.798. The standard InChI is InChI=1S/C16H19N3O3S/c1-17-23(21,22)15-5-2-13(3-6-15)4-7-16(20)19-12-14-8-10-18-11-9-14/h2-3,5-6,8-11,17H,4,7,12H2,1H3,(H,19,20). The van der Waals surface area contributed by atoms with Crippen LogP contribution in [0.2, 0.25) is 0 Å². The minimum atomic E-state index is -3.42. The van der Waals surface area contributed by atoms with Crippen LogP contribution in [-0.2, 0) is 27.8 Å². The summed E-state index contributed by atoms with van der Waals surface area (Å²) in [5.74, 6) is -0.0475. The van der Waals surface area contributed by atoms with Crippen LogP contribution in [0.25, 0.3) is 0 Å². The fourth-order valence-electron chi connectivity index (χ4n) is 2.00.